The molecule has 4 aromatic rings. The molecule has 0 unspecified atom stereocenters. The molecule has 0 radical (unpaired) electrons. The number of fused-ring (bicyclic) bond motifs is 3. The number of benzene rings is 1. The fourth-order valence-electron chi connectivity index (χ4n) is 2.96. The molecule has 0 saturated carbocycles. The molecular formula is C19H16N6. The van der Waals surface area contributed by atoms with Gasteiger partial charge in [-0.25, -0.2) is 4.98 Å². The SMILES string of the molecule is C=N/C=C\N(C)c1ccnc2c1ccc1c(-n3ccnc3)ccnc12. The Morgan fingerprint density at radius 3 is 2.56 bits per heavy atom. The summed E-state index contributed by atoms with van der Waals surface area (Å²) in [5.74, 6) is 0. The number of rotatable bonds is 4. The van der Waals surface area contributed by atoms with Crippen molar-refractivity contribution in [3.63, 3.8) is 0 Å². The van der Waals surface area contributed by atoms with Crippen molar-refractivity contribution in [3.05, 3.63) is 67.8 Å². The van der Waals surface area contributed by atoms with Crippen LogP contribution in [0.2, 0.25) is 0 Å². The standard InChI is InChI=1S/C19H16N6/c1-20-9-11-24(2)16-5-7-22-18-14(16)3-4-15-17(6-8-23-19(15)18)25-12-10-21-13-25/h3-13H,1H2,2H3/b11-9-. The van der Waals surface area contributed by atoms with Gasteiger partial charge in [-0.15, -0.1) is 0 Å². The van der Waals surface area contributed by atoms with Crippen LogP contribution in [0.15, 0.2) is 72.8 Å². The number of aliphatic imine (C=N–C) groups is 1. The summed E-state index contributed by atoms with van der Waals surface area (Å²) in [6.07, 6.45) is 12.6. The van der Waals surface area contributed by atoms with E-state index in [4.69, 9.17) is 0 Å². The van der Waals surface area contributed by atoms with E-state index in [0.717, 1.165) is 33.2 Å². The number of hydrogen-bond acceptors (Lipinski definition) is 5. The maximum atomic E-state index is 4.58. The Balaban J connectivity index is 1.98. The average molecular weight is 328 g/mol. The highest BCUT2D eigenvalue weighted by molar-refractivity contribution is 6.09. The Kier molecular flexibility index (Phi) is 3.70. The number of anilines is 1. The van der Waals surface area contributed by atoms with Crippen LogP contribution in [0.5, 0.6) is 0 Å². The molecule has 0 N–H and O–H groups in total. The minimum absolute atomic E-state index is 0.865. The van der Waals surface area contributed by atoms with Gasteiger partial charge in [-0.1, -0.05) is 0 Å². The van der Waals surface area contributed by atoms with E-state index in [1.807, 2.05) is 41.0 Å². The molecule has 0 spiro atoms. The van der Waals surface area contributed by atoms with Gasteiger partial charge in [0.05, 0.1) is 28.7 Å². The fraction of sp³-hybridized carbons (Fsp3) is 0.0526. The quantitative estimate of drug-likeness (QED) is 0.424. The first-order valence-corrected chi connectivity index (χ1v) is 7.79. The molecule has 1 aromatic carbocycles. The summed E-state index contributed by atoms with van der Waals surface area (Å²) < 4.78 is 1.98. The Morgan fingerprint density at radius 2 is 1.80 bits per heavy atom. The van der Waals surface area contributed by atoms with Crippen molar-refractivity contribution in [1.29, 1.82) is 0 Å². The predicted molar refractivity (Wildman–Crippen MR) is 101 cm³/mol. The van der Waals surface area contributed by atoms with Gasteiger partial charge in [0, 0.05) is 55.0 Å². The number of hydrogen-bond donors (Lipinski definition) is 0. The smallest absolute Gasteiger partial charge is 0.0991 e. The molecule has 0 aliphatic carbocycles. The molecule has 0 fully saturated rings. The van der Waals surface area contributed by atoms with Gasteiger partial charge >= 0.3 is 0 Å². The second-order valence-electron chi connectivity index (χ2n) is 5.58. The Labute approximate surface area is 144 Å². The fourth-order valence-corrected chi connectivity index (χ4v) is 2.96. The normalized spacial score (nSPS) is 11.4. The summed E-state index contributed by atoms with van der Waals surface area (Å²) in [6.45, 7) is 3.47. The van der Waals surface area contributed by atoms with Crippen molar-refractivity contribution in [2.45, 2.75) is 0 Å². The second kappa shape index (κ2) is 6.16. The number of pyridine rings is 2. The molecule has 6 nitrogen and oxygen atoms in total. The van der Waals surface area contributed by atoms with Crippen LogP contribution in [-0.2, 0) is 0 Å². The largest absolute Gasteiger partial charge is 0.349 e. The summed E-state index contributed by atoms with van der Waals surface area (Å²) in [5.41, 5.74) is 3.79. The van der Waals surface area contributed by atoms with Crippen LogP contribution >= 0.6 is 0 Å². The maximum Gasteiger partial charge on any atom is 0.0991 e. The third-order valence-electron chi connectivity index (χ3n) is 4.13. The molecule has 25 heavy (non-hydrogen) atoms. The lowest BCUT2D eigenvalue weighted by Gasteiger charge is -2.17. The minimum Gasteiger partial charge on any atom is -0.349 e. The van der Waals surface area contributed by atoms with Crippen LogP contribution < -0.4 is 4.90 Å². The van der Waals surface area contributed by atoms with Crippen LogP contribution in [-0.4, -0.2) is 33.3 Å². The van der Waals surface area contributed by atoms with Crippen molar-refractivity contribution < 1.29 is 0 Å². The van der Waals surface area contributed by atoms with E-state index in [2.05, 4.69) is 38.8 Å². The first-order chi connectivity index (χ1) is 12.3. The summed E-state index contributed by atoms with van der Waals surface area (Å²) in [7, 11) is 1.97. The summed E-state index contributed by atoms with van der Waals surface area (Å²) >= 11 is 0. The molecule has 3 heterocycles. The molecule has 6 heteroatoms. The highest BCUT2D eigenvalue weighted by Gasteiger charge is 2.11. The summed E-state index contributed by atoms with van der Waals surface area (Å²) in [5, 5.41) is 2.06. The molecular weight excluding hydrogens is 312 g/mol. The number of aromatic nitrogens is 4. The third kappa shape index (κ3) is 2.53. The lowest BCUT2D eigenvalue weighted by atomic mass is 10.1. The molecule has 0 aliphatic heterocycles. The number of imidazole rings is 1. The predicted octanol–water partition coefficient (Wildman–Crippen LogP) is 3.58. The van der Waals surface area contributed by atoms with Crippen LogP contribution in [0.25, 0.3) is 27.5 Å². The van der Waals surface area contributed by atoms with Gasteiger partial charge in [0.15, 0.2) is 0 Å². The zero-order valence-corrected chi connectivity index (χ0v) is 13.7. The number of nitrogens with zero attached hydrogens (tertiary/aromatic N) is 6. The van der Waals surface area contributed by atoms with Crippen LogP contribution in [0.4, 0.5) is 5.69 Å². The van der Waals surface area contributed by atoms with Gasteiger partial charge in [0.25, 0.3) is 0 Å². The van der Waals surface area contributed by atoms with Crippen LogP contribution in [0, 0.1) is 0 Å². The highest BCUT2D eigenvalue weighted by Crippen LogP contribution is 2.31. The van der Waals surface area contributed by atoms with Crippen molar-refractivity contribution >= 4 is 34.2 Å². The van der Waals surface area contributed by atoms with Gasteiger partial charge in [0.1, 0.15) is 0 Å². The molecule has 0 bridgehead atoms. The van der Waals surface area contributed by atoms with Crippen molar-refractivity contribution in [3.8, 4) is 5.69 Å². The molecule has 0 amide bonds. The van der Waals surface area contributed by atoms with Gasteiger partial charge in [0.2, 0.25) is 0 Å². The highest BCUT2D eigenvalue weighted by atomic mass is 15.1. The van der Waals surface area contributed by atoms with Crippen LogP contribution in [0.3, 0.4) is 0 Å². The Hall–Kier alpha value is -3.54. The monoisotopic (exact) mass is 328 g/mol. The first kappa shape index (κ1) is 15.0. The Bertz CT molecular complexity index is 1080. The van der Waals surface area contributed by atoms with Gasteiger partial charge in [-0.05, 0) is 31.0 Å². The van der Waals surface area contributed by atoms with Crippen molar-refractivity contribution in [1.82, 2.24) is 19.5 Å². The van der Waals surface area contributed by atoms with E-state index in [1.165, 1.54) is 0 Å². The lowest BCUT2D eigenvalue weighted by molar-refractivity contribution is 1.06. The zero-order chi connectivity index (χ0) is 17.2. The summed E-state index contributed by atoms with van der Waals surface area (Å²) in [6, 6.07) is 8.11. The first-order valence-electron chi connectivity index (χ1n) is 7.79. The molecule has 0 aliphatic rings. The van der Waals surface area contributed by atoms with Crippen LogP contribution in [0.1, 0.15) is 0 Å². The molecule has 4 rings (SSSR count). The maximum absolute atomic E-state index is 4.58. The molecule has 3 aromatic heterocycles. The molecule has 0 atom stereocenters. The lowest BCUT2D eigenvalue weighted by Crippen LogP contribution is -2.08. The van der Waals surface area contributed by atoms with E-state index in [9.17, 15) is 0 Å². The van der Waals surface area contributed by atoms with E-state index in [1.54, 1.807) is 31.1 Å². The van der Waals surface area contributed by atoms with E-state index in [-0.39, 0.29) is 0 Å². The second-order valence-corrected chi connectivity index (χ2v) is 5.58. The minimum atomic E-state index is 0.865. The Morgan fingerprint density at radius 1 is 1.04 bits per heavy atom. The molecule has 0 saturated heterocycles. The van der Waals surface area contributed by atoms with Gasteiger partial charge in [-0.2, -0.15) is 0 Å². The van der Waals surface area contributed by atoms with E-state index in [0.29, 0.717) is 0 Å². The van der Waals surface area contributed by atoms with E-state index >= 15 is 0 Å². The van der Waals surface area contributed by atoms with Crippen molar-refractivity contribution in [2.24, 2.45) is 4.99 Å². The van der Waals surface area contributed by atoms with E-state index < -0.39 is 0 Å². The topological polar surface area (TPSA) is 59.2 Å². The third-order valence-corrected chi connectivity index (χ3v) is 4.13. The molecule has 122 valence electrons. The van der Waals surface area contributed by atoms with Crippen molar-refractivity contribution in [2.75, 3.05) is 11.9 Å². The summed E-state index contributed by atoms with van der Waals surface area (Å²) in [4.78, 5) is 19.0. The van der Waals surface area contributed by atoms with Gasteiger partial charge < -0.3 is 9.47 Å². The average Bonchev–Trinajstić information content (AvgIpc) is 3.19. The van der Waals surface area contributed by atoms with Gasteiger partial charge in [-0.3, -0.25) is 15.0 Å². The zero-order valence-electron chi connectivity index (χ0n) is 13.7.